The lowest BCUT2D eigenvalue weighted by Crippen LogP contribution is -2.51. The Kier molecular flexibility index (Phi) is 7.44. The van der Waals surface area contributed by atoms with Gasteiger partial charge in [-0.15, -0.1) is 12.4 Å². The molecule has 1 fully saturated rings. The van der Waals surface area contributed by atoms with Crippen molar-refractivity contribution in [3.05, 3.63) is 23.8 Å². The second-order valence-corrected chi connectivity index (χ2v) is 4.92. The predicted octanol–water partition coefficient (Wildman–Crippen LogP) is 1.29. The minimum atomic E-state index is -0.308. The second kappa shape index (κ2) is 8.82. The van der Waals surface area contributed by atoms with Crippen molar-refractivity contribution in [1.82, 2.24) is 10.6 Å². The third-order valence-corrected chi connectivity index (χ3v) is 3.50. The SMILES string of the molecule is COc1ccc(OC)c(C(C)NC(=O)C2COCCN2)c1.Cl. The number of hydrogen-bond acceptors (Lipinski definition) is 5. The van der Waals surface area contributed by atoms with Gasteiger partial charge in [0.2, 0.25) is 5.91 Å². The molecule has 22 heavy (non-hydrogen) atoms. The van der Waals surface area contributed by atoms with Gasteiger partial charge in [0.25, 0.3) is 0 Å². The van der Waals surface area contributed by atoms with Crippen LogP contribution < -0.4 is 20.1 Å². The maximum Gasteiger partial charge on any atom is 0.240 e. The zero-order valence-corrected chi connectivity index (χ0v) is 13.9. The van der Waals surface area contributed by atoms with Crippen molar-refractivity contribution in [3.63, 3.8) is 0 Å². The molecule has 0 saturated carbocycles. The summed E-state index contributed by atoms with van der Waals surface area (Å²) in [5.74, 6) is 1.37. The molecular formula is C15H23ClN2O4. The van der Waals surface area contributed by atoms with Crippen LogP contribution in [0.15, 0.2) is 18.2 Å². The topological polar surface area (TPSA) is 68.8 Å². The Balaban J connectivity index is 0.00000242. The van der Waals surface area contributed by atoms with Crippen LogP contribution in [-0.2, 0) is 9.53 Å². The zero-order chi connectivity index (χ0) is 15.2. The second-order valence-electron chi connectivity index (χ2n) is 4.92. The van der Waals surface area contributed by atoms with Crippen LogP contribution in [0.4, 0.5) is 0 Å². The molecule has 2 unspecified atom stereocenters. The summed E-state index contributed by atoms with van der Waals surface area (Å²) in [4.78, 5) is 12.2. The Morgan fingerprint density at radius 2 is 2.18 bits per heavy atom. The molecule has 0 spiro atoms. The quantitative estimate of drug-likeness (QED) is 0.851. The monoisotopic (exact) mass is 330 g/mol. The van der Waals surface area contributed by atoms with E-state index in [1.54, 1.807) is 14.2 Å². The predicted molar refractivity (Wildman–Crippen MR) is 86.0 cm³/mol. The number of methoxy groups -OCH3 is 2. The van der Waals surface area contributed by atoms with Gasteiger partial charge < -0.3 is 24.8 Å². The Morgan fingerprint density at radius 1 is 1.41 bits per heavy atom. The molecule has 1 heterocycles. The molecule has 0 aliphatic carbocycles. The van der Waals surface area contributed by atoms with Gasteiger partial charge in [-0.25, -0.2) is 0 Å². The van der Waals surface area contributed by atoms with E-state index < -0.39 is 0 Å². The standard InChI is InChI=1S/C15H22N2O4.ClH/c1-10(17-15(18)13-9-21-7-6-16-13)12-8-11(19-2)4-5-14(12)20-3;/h4-5,8,10,13,16H,6-7,9H2,1-3H3,(H,17,18);1H. The molecule has 0 bridgehead atoms. The average Bonchev–Trinajstić information content (AvgIpc) is 2.54. The van der Waals surface area contributed by atoms with Gasteiger partial charge in [-0.05, 0) is 25.1 Å². The molecule has 0 radical (unpaired) electrons. The fourth-order valence-electron chi connectivity index (χ4n) is 2.30. The zero-order valence-electron chi connectivity index (χ0n) is 13.0. The van der Waals surface area contributed by atoms with Crippen molar-refractivity contribution in [3.8, 4) is 11.5 Å². The molecular weight excluding hydrogens is 308 g/mol. The van der Waals surface area contributed by atoms with E-state index in [9.17, 15) is 4.79 Å². The first-order chi connectivity index (χ1) is 10.2. The summed E-state index contributed by atoms with van der Waals surface area (Å²) in [6.07, 6.45) is 0. The van der Waals surface area contributed by atoms with Crippen molar-refractivity contribution in [2.45, 2.75) is 19.0 Å². The maximum absolute atomic E-state index is 12.2. The van der Waals surface area contributed by atoms with Gasteiger partial charge in [-0.3, -0.25) is 4.79 Å². The normalized spacial score (nSPS) is 18.8. The highest BCUT2D eigenvalue weighted by atomic mass is 35.5. The largest absolute Gasteiger partial charge is 0.497 e. The van der Waals surface area contributed by atoms with E-state index in [0.717, 1.165) is 17.1 Å². The average molecular weight is 331 g/mol. The van der Waals surface area contributed by atoms with Crippen molar-refractivity contribution in [2.24, 2.45) is 0 Å². The molecule has 1 aromatic rings. The highest BCUT2D eigenvalue weighted by Gasteiger charge is 2.23. The molecule has 7 heteroatoms. The number of benzene rings is 1. The molecule has 2 atom stereocenters. The number of nitrogens with one attached hydrogen (secondary N) is 2. The van der Waals surface area contributed by atoms with Gasteiger partial charge in [0, 0.05) is 12.1 Å². The highest BCUT2D eigenvalue weighted by molar-refractivity contribution is 5.85. The summed E-state index contributed by atoms with van der Waals surface area (Å²) in [7, 11) is 3.22. The molecule has 1 aliphatic heterocycles. The van der Waals surface area contributed by atoms with Gasteiger partial charge >= 0.3 is 0 Å². The molecule has 2 N–H and O–H groups in total. The van der Waals surface area contributed by atoms with Gasteiger partial charge in [0.15, 0.2) is 0 Å². The van der Waals surface area contributed by atoms with Crippen molar-refractivity contribution in [2.75, 3.05) is 34.0 Å². The summed E-state index contributed by atoms with van der Waals surface area (Å²) in [6.45, 7) is 3.64. The first kappa shape index (κ1) is 18.5. The van der Waals surface area contributed by atoms with Gasteiger partial charge in [-0.2, -0.15) is 0 Å². The summed E-state index contributed by atoms with van der Waals surface area (Å²) >= 11 is 0. The van der Waals surface area contributed by atoms with E-state index >= 15 is 0 Å². The van der Waals surface area contributed by atoms with Crippen LogP contribution in [0.5, 0.6) is 11.5 Å². The third-order valence-electron chi connectivity index (χ3n) is 3.50. The lowest BCUT2D eigenvalue weighted by molar-refractivity contribution is -0.126. The Morgan fingerprint density at radius 3 is 2.77 bits per heavy atom. The molecule has 1 saturated heterocycles. The fraction of sp³-hybridized carbons (Fsp3) is 0.533. The number of ether oxygens (including phenoxy) is 3. The number of amides is 1. The number of hydrogen-bond donors (Lipinski definition) is 2. The van der Waals surface area contributed by atoms with Crippen molar-refractivity contribution >= 4 is 18.3 Å². The van der Waals surface area contributed by atoms with Crippen LogP contribution >= 0.6 is 12.4 Å². The van der Waals surface area contributed by atoms with E-state index in [4.69, 9.17) is 14.2 Å². The van der Waals surface area contributed by atoms with Crippen LogP contribution in [0.1, 0.15) is 18.5 Å². The fourth-order valence-corrected chi connectivity index (χ4v) is 2.30. The van der Waals surface area contributed by atoms with Gasteiger partial charge in [-0.1, -0.05) is 0 Å². The van der Waals surface area contributed by atoms with Crippen LogP contribution in [0.25, 0.3) is 0 Å². The molecule has 0 aromatic heterocycles. The van der Waals surface area contributed by atoms with Crippen LogP contribution in [-0.4, -0.2) is 45.9 Å². The maximum atomic E-state index is 12.2. The first-order valence-electron chi connectivity index (χ1n) is 6.99. The Bertz CT molecular complexity index is 492. The number of morpholine rings is 1. The van der Waals surface area contributed by atoms with Crippen LogP contribution in [0, 0.1) is 0 Å². The van der Waals surface area contributed by atoms with Gasteiger partial charge in [0.05, 0.1) is 33.5 Å². The van der Waals surface area contributed by atoms with E-state index in [2.05, 4.69) is 10.6 Å². The van der Waals surface area contributed by atoms with E-state index in [1.165, 1.54) is 0 Å². The number of rotatable bonds is 5. The van der Waals surface area contributed by atoms with Crippen LogP contribution in [0.2, 0.25) is 0 Å². The summed E-state index contributed by atoms with van der Waals surface area (Å²) in [5, 5.41) is 6.11. The first-order valence-corrected chi connectivity index (χ1v) is 6.99. The molecule has 6 nitrogen and oxygen atoms in total. The van der Waals surface area contributed by atoms with E-state index in [-0.39, 0.29) is 30.4 Å². The number of halogens is 1. The van der Waals surface area contributed by atoms with Crippen molar-refractivity contribution in [1.29, 1.82) is 0 Å². The molecule has 1 aromatic carbocycles. The van der Waals surface area contributed by atoms with Crippen LogP contribution in [0.3, 0.4) is 0 Å². The Hall–Kier alpha value is -1.50. The minimum absolute atomic E-state index is 0. The molecule has 124 valence electrons. The summed E-state index contributed by atoms with van der Waals surface area (Å²) < 4.78 is 15.9. The lowest BCUT2D eigenvalue weighted by atomic mass is 10.1. The highest BCUT2D eigenvalue weighted by Crippen LogP contribution is 2.29. The number of carbonyl (C=O) groups is 1. The molecule has 2 rings (SSSR count). The summed E-state index contributed by atoms with van der Waals surface area (Å²) in [6, 6.07) is 5.03. The minimum Gasteiger partial charge on any atom is -0.497 e. The number of carbonyl (C=O) groups excluding carboxylic acids is 1. The summed E-state index contributed by atoms with van der Waals surface area (Å²) in [5.41, 5.74) is 0.877. The smallest absolute Gasteiger partial charge is 0.240 e. The Labute approximate surface area is 136 Å². The van der Waals surface area contributed by atoms with E-state index in [1.807, 2.05) is 25.1 Å². The van der Waals surface area contributed by atoms with E-state index in [0.29, 0.717) is 19.8 Å². The van der Waals surface area contributed by atoms with Crippen molar-refractivity contribution < 1.29 is 19.0 Å². The molecule has 1 amide bonds. The lowest BCUT2D eigenvalue weighted by Gasteiger charge is -2.25. The molecule has 1 aliphatic rings. The van der Waals surface area contributed by atoms with Gasteiger partial charge in [0.1, 0.15) is 17.5 Å². The third kappa shape index (κ3) is 4.50.